The third kappa shape index (κ3) is 5.94. The zero-order valence-electron chi connectivity index (χ0n) is 32.4. The van der Waals surface area contributed by atoms with Crippen LogP contribution in [0.1, 0.15) is 11.1 Å². The first-order valence-corrected chi connectivity index (χ1v) is 20.0. The maximum atomic E-state index is 10.9. The SMILES string of the molecule is N#Cc1cc(-c2nc(-c3ccccc3)nc(-c3ccccc3)n2)ccc1-n1c2ccccc2c2cc3c(cc21)N(c1ccccc1)Cc1ccccc1N3c1ccccc1. The molecule has 1 aliphatic heterocycles. The summed E-state index contributed by atoms with van der Waals surface area (Å²) in [5.41, 5.74) is 12.4. The number of anilines is 5. The van der Waals surface area contributed by atoms with E-state index in [0.717, 1.165) is 72.6 Å². The van der Waals surface area contributed by atoms with Gasteiger partial charge in [0.1, 0.15) is 6.07 Å². The summed E-state index contributed by atoms with van der Waals surface area (Å²) in [6, 6.07) is 71.3. The fourth-order valence-electron chi connectivity index (χ4n) is 8.49. The number of rotatable bonds is 6. The molecule has 282 valence electrons. The van der Waals surface area contributed by atoms with Crippen LogP contribution in [0.5, 0.6) is 0 Å². The van der Waals surface area contributed by atoms with Gasteiger partial charge in [-0.15, -0.1) is 0 Å². The Morgan fingerprint density at radius 3 is 1.65 bits per heavy atom. The van der Waals surface area contributed by atoms with E-state index in [1.807, 2.05) is 78.9 Å². The molecule has 0 saturated carbocycles. The summed E-state index contributed by atoms with van der Waals surface area (Å²) in [6.07, 6.45) is 0. The molecule has 60 heavy (non-hydrogen) atoms. The van der Waals surface area contributed by atoms with Gasteiger partial charge in [0.15, 0.2) is 17.5 Å². The highest BCUT2D eigenvalue weighted by atomic mass is 15.2. The van der Waals surface area contributed by atoms with E-state index in [1.54, 1.807) is 0 Å². The number of hydrogen-bond donors (Lipinski definition) is 0. The van der Waals surface area contributed by atoms with Gasteiger partial charge in [0, 0.05) is 38.8 Å². The second-order valence-electron chi connectivity index (χ2n) is 14.8. The summed E-state index contributed by atoms with van der Waals surface area (Å²) < 4.78 is 2.24. The van der Waals surface area contributed by atoms with Crippen LogP contribution in [-0.2, 0) is 6.54 Å². The van der Waals surface area contributed by atoms with E-state index >= 15 is 0 Å². The standard InChI is InChI=1S/C53H35N7/c54-34-40-31-38(53-56-51(36-17-5-1-6-18-36)55-52(57-53)37-19-7-2-8-20-37)29-30-46(40)60-47-28-16-14-26-43(47)44-32-50-49(33-48(44)60)58(41-22-9-3-10-23-41)35-39-21-13-15-27-45(39)59(50)42-24-11-4-12-25-42/h1-33H,35H2. The van der Waals surface area contributed by atoms with Crippen molar-refractivity contribution in [3.63, 3.8) is 0 Å². The van der Waals surface area contributed by atoms with Gasteiger partial charge in [-0.1, -0.05) is 133 Å². The molecule has 7 nitrogen and oxygen atoms in total. The molecule has 8 aromatic carbocycles. The fourth-order valence-corrected chi connectivity index (χ4v) is 8.49. The van der Waals surface area contributed by atoms with Crippen molar-refractivity contribution >= 4 is 50.2 Å². The molecular weight excluding hydrogens is 735 g/mol. The number of nitriles is 1. The summed E-state index contributed by atoms with van der Waals surface area (Å²) in [6.45, 7) is 0.669. The molecular formula is C53H35N7. The lowest BCUT2D eigenvalue weighted by Gasteiger charge is -2.29. The summed E-state index contributed by atoms with van der Waals surface area (Å²) >= 11 is 0. The van der Waals surface area contributed by atoms with Gasteiger partial charge in [-0.25, -0.2) is 15.0 Å². The van der Waals surface area contributed by atoms with Crippen LogP contribution in [0.25, 0.3) is 61.7 Å². The first-order chi connectivity index (χ1) is 29.7. The third-order valence-electron chi connectivity index (χ3n) is 11.3. The molecule has 0 atom stereocenters. The minimum Gasteiger partial charge on any atom is -0.335 e. The maximum Gasteiger partial charge on any atom is 0.164 e. The lowest BCUT2D eigenvalue weighted by Crippen LogP contribution is -2.16. The molecule has 0 spiro atoms. The summed E-state index contributed by atoms with van der Waals surface area (Å²) in [7, 11) is 0. The van der Waals surface area contributed by atoms with E-state index in [2.05, 4.69) is 142 Å². The number of benzene rings is 8. The molecule has 11 rings (SSSR count). The molecule has 3 heterocycles. The number of para-hydroxylation sites is 4. The van der Waals surface area contributed by atoms with E-state index in [4.69, 9.17) is 15.0 Å². The van der Waals surface area contributed by atoms with Crippen molar-refractivity contribution in [1.29, 1.82) is 5.26 Å². The van der Waals surface area contributed by atoms with Crippen LogP contribution in [0.2, 0.25) is 0 Å². The second-order valence-corrected chi connectivity index (χ2v) is 14.8. The predicted octanol–water partition coefficient (Wildman–Crippen LogP) is 13.0. The Balaban J connectivity index is 1.14. The predicted molar refractivity (Wildman–Crippen MR) is 242 cm³/mol. The van der Waals surface area contributed by atoms with Crippen molar-refractivity contribution in [2.75, 3.05) is 9.80 Å². The highest BCUT2D eigenvalue weighted by Crippen LogP contribution is 2.50. The van der Waals surface area contributed by atoms with Crippen molar-refractivity contribution in [2.45, 2.75) is 6.54 Å². The van der Waals surface area contributed by atoms with E-state index < -0.39 is 0 Å². The molecule has 1 aliphatic rings. The van der Waals surface area contributed by atoms with E-state index in [9.17, 15) is 5.26 Å². The number of hydrogen-bond acceptors (Lipinski definition) is 6. The van der Waals surface area contributed by atoms with Crippen LogP contribution in [0.15, 0.2) is 200 Å². The number of aromatic nitrogens is 4. The molecule has 0 saturated heterocycles. The Hall–Kier alpha value is -8.34. The molecule has 10 aromatic rings. The first-order valence-electron chi connectivity index (χ1n) is 20.0. The summed E-state index contributed by atoms with van der Waals surface area (Å²) in [5.74, 6) is 1.64. The van der Waals surface area contributed by atoms with Crippen LogP contribution in [0.3, 0.4) is 0 Å². The average Bonchev–Trinajstić information content (AvgIpc) is 3.56. The molecule has 0 radical (unpaired) electrons. The van der Waals surface area contributed by atoms with Gasteiger partial charge >= 0.3 is 0 Å². The average molecular weight is 770 g/mol. The largest absolute Gasteiger partial charge is 0.335 e. The Bertz CT molecular complexity index is 3190. The third-order valence-corrected chi connectivity index (χ3v) is 11.3. The number of nitrogens with zero attached hydrogens (tertiary/aromatic N) is 7. The van der Waals surface area contributed by atoms with Gasteiger partial charge in [-0.05, 0) is 72.3 Å². The van der Waals surface area contributed by atoms with Gasteiger partial charge in [0.2, 0.25) is 0 Å². The Morgan fingerprint density at radius 2 is 0.983 bits per heavy atom. The molecule has 0 aliphatic carbocycles. The van der Waals surface area contributed by atoms with Crippen molar-refractivity contribution in [1.82, 2.24) is 19.5 Å². The van der Waals surface area contributed by atoms with Crippen LogP contribution >= 0.6 is 0 Å². The molecule has 0 unspecified atom stereocenters. The summed E-state index contributed by atoms with van der Waals surface area (Å²) in [5, 5.41) is 13.1. The highest BCUT2D eigenvalue weighted by molar-refractivity contribution is 6.13. The van der Waals surface area contributed by atoms with Gasteiger partial charge < -0.3 is 14.4 Å². The lowest BCUT2D eigenvalue weighted by atomic mass is 10.1. The second kappa shape index (κ2) is 14.6. The first kappa shape index (κ1) is 34.9. The number of fused-ring (bicyclic) bond motifs is 5. The molecule has 0 bridgehead atoms. The minimum absolute atomic E-state index is 0.498. The minimum atomic E-state index is 0.498. The van der Waals surface area contributed by atoms with Gasteiger partial charge in [-0.3, -0.25) is 0 Å². The highest BCUT2D eigenvalue weighted by Gasteiger charge is 2.29. The normalized spacial score (nSPS) is 12.2. The topological polar surface area (TPSA) is 73.9 Å². The van der Waals surface area contributed by atoms with E-state index in [-0.39, 0.29) is 0 Å². The molecule has 0 amide bonds. The Labute approximate surface area is 347 Å². The van der Waals surface area contributed by atoms with Crippen molar-refractivity contribution < 1.29 is 0 Å². The maximum absolute atomic E-state index is 10.9. The van der Waals surface area contributed by atoms with Crippen LogP contribution < -0.4 is 9.80 Å². The molecule has 2 aromatic heterocycles. The molecule has 7 heteroatoms. The van der Waals surface area contributed by atoms with Crippen LogP contribution in [0, 0.1) is 11.3 Å². The zero-order valence-corrected chi connectivity index (χ0v) is 32.4. The molecule has 0 fully saturated rings. The van der Waals surface area contributed by atoms with Gasteiger partial charge in [0.25, 0.3) is 0 Å². The van der Waals surface area contributed by atoms with Crippen LogP contribution in [-0.4, -0.2) is 19.5 Å². The Morgan fingerprint density at radius 1 is 0.417 bits per heavy atom. The quantitative estimate of drug-likeness (QED) is 0.168. The van der Waals surface area contributed by atoms with Crippen LogP contribution in [0.4, 0.5) is 28.4 Å². The lowest BCUT2D eigenvalue weighted by molar-refractivity contribution is 0.988. The van der Waals surface area contributed by atoms with Crippen molar-refractivity contribution in [3.8, 4) is 45.9 Å². The zero-order chi connectivity index (χ0) is 40.0. The van der Waals surface area contributed by atoms with Crippen molar-refractivity contribution in [3.05, 3.63) is 211 Å². The van der Waals surface area contributed by atoms with Gasteiger partial charge in [-0.2, -0.15) is 5.26 Å². The summed E-state index contributed by atoms with van der Waals surface area (Å²) in [4.78, 5) is 19.6. The fraction of sp³-hybridized carbons (Fsp3) is 0.0189. The van der Waals surface area contributed by atoms with E-state index in [0.29, 0.717) is 29.6 Å². The van der Waals surface area contributed by atoms with Gasteiger partial charge in [0.05, 0.1) is 45.9 Å². The Kier molecular flexibility index (Phi) is 8.46. The monoisotopic (exact) mass is 769 g/mol. The van der Waals surface area contributed by atoms with Crippen molar-refractivity contribution in [2.24, 2.45) is 0 Å². The van der Waals surface area contributed by atoms with E-state index in [1.165, 1.54) is 5.56 Å². The molecule has 0 N–H and O–H groups in total. The smallest absolute Gasteiger partial charge is 0.164 e.